The zero-order chi connectivity index (χ0) is 13.5. The molecule has 0 saturated heterocycles. The summed E-state index contributed by atoms with van der Waals surface area (Å²) in [4.78, 5) is 0. The highest BCUT2D eigenvalue weighted by molar-refractivity contribution is 4.82. The van der Waals surface area contributed by atoms with E-state index in [1.54, 1.807) is 0 Å². The molecule has 0 aromatic carbocycles. The van der Waals surface area contributed by atoms with Gasteiger partial charge in [0, 0.05) is 6.04 Å². The van der Waals surface area contributed by atoms with E-state index in [0.717, 1.165) is 29.7 Å². The maximum atomic E-state index is 3.61. The molecule has 0 aromatic rings. The van der Waals surface area contributed by atoms with Crippen LogP contribution in [-0.2, 0) is 0 Å². The van der Waals surface area contributed by atoms with Gasteiger partial charge in [-0.05, 0) is 56.4 Å². The van der Waals surface area contributed by atoms with E-state index in [1.807, 2.05) is 0 Å². The van der Waals surface area contributed by atoms with Crippen LogP contribution in [0.5, 0.6) is 0 Å². The number of nitrogens with one attached hydrogen (secondary N) is 1. The Labute approximate surface area is 115 Å². The lowest BCUT2D eigenvalue weighted by molar-refractivity contribution is 0.199. The van der Waals surface area contributed by atoms with Crippen molar-refractivity contribution in [2.45, 2.75) is 78.7 Å². The average molecular weight is 253 g/mol. The zero-order valence-electron chi connectivity index (χ0n) is 13.3. The first kappa shape index (κ1) is 16.0. The molecule has 1 fully saturated rings. The second-order valence-corrected chi connectivity index (χ2v) is 7.05. The van der Waals surface area contributed by atoms with Crippen LogP contribution in [0.4, 0.5) is 0 Å². The predicted molar refractivity (Wildman–Crippen MR) is 81.8 cm³/mol. The molecule has 0 heterocycles. The van der Waals surface area contributed by atoms with Gasteiger partial charge in [0.1, 0.15) is 0 Å². The molecule has 0 amide bonds. The maximum absolute atomic E-state index is 3.61. The van der Waals surface area contributed by atoms with Gasteiger partial charge in [-0.2, -0.15) is 0 Å². The minimum absolute atomic E-state index is 0.761. The van der Waals surface area contributed by atoms with Crippen molar-refractivity contribution < 1.29 is 0 Å². The summed E-state index contributed by atoms with van der Waals surface area (Å²) >= 11 is 0. The van der Waals surface area contributed by atoms with Crippen molar-refractivity contribution in [1.29, 1.82) is 0 Å². The van der Waals surface area contributed by atoms with E-state index < -0.39 is 0 Å². The largest absolute Gasteiger partial charge is 0.317 e. The molecule has 0 aromatic heterocycles. The van der Waals surface area contributed by atoms with Gasteiger partial charge in [0.25, 0.3) is 0 Å². The Hall–Kier alpha value is -0.0400. The normalized spacial score (nSPS) is 28.3. The van der Waals surface area contributed by atoms with Crippen molar-refractivity contribution in [3.63, 3.8) is 0 Å². The fourth-order valence-electron chi connectivity index (χ4n) is 3.88. The summed E-state index contributed by atoms with van der Waals surface area (Å²) in [6.07, 6.45) is 9.99. The Morgan fingerprint density at radius 2 is 1.61 bits per heavy atom. The predicted octanol–water partition coefficient (Wildman–Crippen LogP) is 4.86. The van der Waals surface area contributed by atoms with Gasteiger partial charge in [-0.1, -0.05) is 47.0 Å². The van der Waals surface area contributed by atoms with Gasteiger partial charge in [-0.25, -0.2) is 0 Å². The summed E-state index contributed by atoms with van der Waals surface area (Å²) in [6.45, 7) is 9.47. The Kier molecular flexibility index (Phi) is 7.29. The molecule has 1 saturated carbocycles. The van der Waals surface area contributed by atoms with Crippen LogP contribution in [0.2, 0.25) is 0 Å². The molecular formula is C17H35N. The third-order valence-corrected chi connectivity index (χ3v) is 4.94. The average Bonchev–Trinajstić information content (AvgIpc) is 2.35. The van der Waals surface area contributed by atoms with Crippen LogP contribution >= 0.6 is 0 Å². The van der Waals surface area contributed by atoms with E-state index in [1.165, 1.54) is 44.9 Å². The van der Waals surface area contributed by atoms with Crippen molar-refractivity contribution in [2.24, 2.45) is 23.7 Å². The molecule has 2 unspecified atom stereocenters. The molecule has 0 spiro atoms. The summed E-state index contributed by atoms with van der Waals surface area (Å²) in [5.74, 6) is 3.67. The minimum Gasteiger partial charge on any atom is -0.317 e. The summed E-state index contributed by atoms with van der Waals surface area (Å²) in [5.41, 5.74) is 0. The first-order valence-corrected chi connectivity index (χ1v) is 8.24. The summed E-state index contributed by atoms with van der Waals surface area (Å²) in [6, 6.07) is 0.761. The van der Waals surface area contributed by atoms with E-state index in [2.05, 4.69) is 40.1 Å². The van der Waals surface area contributed by atoms with Crippen LogP contribution in [0.3, 0.4) is 0 Å². The molecule has 1 nitrogen and oxygen atoms in total. The van der Waals surface area contributed by atoms with Crippen molar-refractivity contribution in [2.75, 3.05) is 7.05 Å². The number of hydrogen-bond acceptors (Lipinski definition) is 1. The highest BCUT2D eigenvalue weighted by atomic mass is 14.9. The lowest BCUT2D eigenvalue weighted by Crippen LogP contribution is -2.37. The van der Waals surface area contributed by atoms with Crippen LogP contribution in [0, 0.1) is 23.7 Å². The maximum Gasteiger partial charge on any atom is 0.00948 e. The standard InChI is InChI=1S/C17H35N/c1-6-15-7-9-16(10-8-15)17(18-5)12-14(4)11-13(2)3/h13-18H,6-12H2,1-5H3. The van der Waals surface area contributed by atoms with Crippen LogP contribution in [-0.4, -0.2) is 13.1 Å². The molecule has 1 heteroatoms. The smallest absolute Gasteiger partial charge is 0.00948 e. The van der Waals surface area contributed by atoms with E-state index in [9.17, 15) is 0 Å². The van der Waals surface area contributed by atoms with Crippen LogP contribution in [0.25, 0.3) is 0 Å². The Bertz CT molecular complexity index is 204. The van der Waals surface area contributed by atoms with Crippen LogP contribution in [0.1, 0.15) is 72.6 Å². The summed E-state index contributed by atoms with van der Waals surface area (Å²) < 4.78 is 0. The quantitative estimate of drug-likeness (QED) is 0.683. The van der Waals surface area contributed by atoms with Gasteiger partial charge in [-0.3, -0.25) is 0 Å². The monoisotopic (exact) mass is 253 g/mol. The molecule has 1 rings (SSSR count). The van der Waals surface area contributed by atoms with Crippen molar-refractivity contribution in [1.82, 2.24) is 5.32 Å². The second kappa shape index (κ2) is 8.19. The fourth-order valence-corrected chi connectivity index (χ4v) is 3.88. The third kappa shape index (κ3) is 5.30. The first-order valence-electron chi connectivity index (χ1n) is 8.24. The lowest BCUT2D eigenvalue weighted by Gasteiger charge is -2.35. The van der Waals surface area contributed by atoms with E-state index in [-0.39, 0.29) is 0 Å². The SMILES string of the molecule is CCC1CCC(C(CC(C)CC(C)C)NC)CC1. The van der Waals surface area contributed by atoms with E-state index >= 15 is 0 Å². The molecule has 1 aliphatic rings. The highest BCUT2D eigenvalue weighted by Crippen LogP contribution is 2.34. The number of hydrogen-bond donors (Lipinski definition) is 1. The molecule has 0 radical (unpaired) electrons. The first-order chi connectivity index (χ1) is 8.56. The molecule has 108 valence electrons. The van der Waals surface area contributed by atoms with Gasteiger partial charge < -0.3 is 5.32 Å². The van der Waals surface area contributed by atoms with Crippen molar-refractivity contribution in [3.05, 3.63) is 0 Å². The van der Waals surface area contributed by atoms with E-state index in [0.29, 0.717) is 0 Å². The Morgan fingerprint density at radius 3 is 2.06 bits per heavy atom. The highest BCUT2D eigenvalue weighted by Gasteiger charge is 2.27. The molecule has 2 atom stereocenters. The third-order valence-electron chi connectivity index (χ3n) is 4.94. The van der Waals surface area contributed by atoms with Gasteiger partial charge in [0.2, 0.25) is 0 Å². The summed E-state index contributed by atoms with van der Waals surface area (Å²) in [5, 5.41) is 3.61. The molecule has 0 aliphatic heterocycles. The molecular weight excluding hydrogens is 218 g/mol. The van der Waals surface area contributed by atoms with Gasteiger partial charge >= 0.3 is 0 Å². The molecule has 1 aliphatic carbocycles. The molecule has 1 N–H and O–H groups in total. The van der Waals surface area contributed by atoms with Gasteiger partial charge in [-0.15, -0.1) is 0 Å². The lowest BCUT2D eigenvalue weighted by atomic mass is 9.75. The molecule has 0 bridgehead atoms. The topological polar surface area (TPSA) is 12.0 Å². The Morgan fingerprint density at radius 1 is 1.00 bits per heavy atom. The summed E-state index contributed by atoms with van der Waals surface area (Å²) in [7, 11) is 2.17. The number of rotatable bonds is 7. The van der Waals surface area contributed by atoms with Crippen molar-refractivity contribution >= 4 is 0 Å². The minimum atomic E-state index is 0.761. The van der Waals surface area contributed by atoms with Gasteiger partial charge in [0.05, 0.1) is 0 Å². The molecule has 18 heavy (non-hydrogen) atoms. The second-order valence-electron chi connectivity index (χ2n) is 7.05. The Balaban J connectivity index is 2.37. The fraction of sp³-hybridized carbons (Fsp3) is 1.00. The van der Waals surface area contributed by atoms with E-state index in [4.69, 9.17) is 0 Å². The van der Waals surface area contributed by atoms with Crippen LogP contribution < -0.4 is 5.32 Å². The van der Waals surface area contributed by atoms with Gasteiger partial charge in [0.15, 0.2) is 0 Å². The van der Waals surface area contributed by atoms with Crippen LogP contribution in [0.15, 0.2) is 0 Å². The zero-order valence-corrected chi connectivity index (χ0v) is 13.3. The van der Waals surface area contributed by atoms with Crippen molar-refractivity contribution in [3.8, 4) is 0 Å².